The Kier molecular flexibility index (Phi) is 4.20. The lowest BCUT2D eigenvalue weighted by atomic mass is 10.0. The average molecular weight is 328 g/mol. The number of benzene rings is 2. The van der Waals surface area contributed by atoms with Crippen molar-refractivity contribution >= 4 is 11.6 Å². The minimum Gasteiger partial charge on any atom is -0.493 e. The number of aryl methyl sites for hydroxylation is 1. The Balaban J connectivity index is 2.08. The minimum absolute atomic E-state index is 0.130. The Morgan fingerprint density at radius 3 is 2.33 bits per heavy atom. The fourth-order valence-corrected chi connectivity index (χ4v) is 2.95. The number of carbonyl (C=O) groups excluding carboxylic acids is 1. The molecule has 1 atom stereocenters. The summed E-state index contributed by atoms with van der Waals surface area (Å²) in [6.07, 6.45) is -0.430. The van der Waals surface area contributed by atoms with Crippen LogP contribution in [0, 0.1) is 6.92 Å². The predicted molar refractivity (Wildman–Crippen MR) is 91.1 cm³/mol. The molecule has 1 aliphatic heterocycles. The van der Waals surface area contributed by atoms with Crippen LogP contribution in [0.1, 0.15) is 27.7 Å². The zero-order valence-electron chi connectivity index (χ0n) is 14.1. The first-order valence-corrected chi connectivity index (χ1v) is 7.56. The van der Waals surface area contributed by atoms with Gasteiger partial charge in [0.05, 0.1) is 32.6 Å². The zero-order chi connectivity index (χ0) is 17.3. The van der Waals surface area contributed by atoms with Gasteiger partial charge >= 0.3 is 0 Å². The highest BCUT2D eigenvalue weighted by atomic mass is 16.5. The molecule has 24 heavy (non-hydrogen) atoms. The van der Waals surface area contributed by atoms with Gasteiger partial charge in [-0.05, 0) is 30.7 Å². The van der Waals surface area contributed by atoms with Crippen LogP contribution in [0.3, 0.4) is 0 Å². The second kappa shape index (κ2) is 6.31. The van der Waals surface area contributed by atoms with E-state index in [0.29, 0.717) is 22.8 Å². The molecule has 0 radical (unpaired) electrons. The molecule has 0 aliphatic carbocycles. The number of amides is 1. The molecule has 6 heteroatoms. The molecule has 0 aromatic heterocycles. The number of ether oxygens (including phenoxy) is 3. The maximum Gasteiger partial charge on any atom is 0.255 e. The Hall–Kier alpha value is -2.89. The van der Waals surface area contributed by atoms with E-state index in [-0.39, 0.29) is 5.91 Å². The van der Waals surface area contributed by atoms with Crippen molar-refractivity contribution in [3.8, 4) is 17.2 Å². The maximum absolute atomic E-state index is 12.5. The van der Waals surface area contributed by atoms with Crippen molar-refractivity contribution in [3.05, 3.63) is 47.0 Å². The molecule has 0 saturated heterocycles. The van der Waals surface area contributed by atoms with Gasteiger partial charge in [-0.1, -0.05) is 12.1 Å². The van der Waals surface area contributed by atoms with Crippen LogP contribution in [0.2, 0.25) is 0 Å². The number of anilines is 1. The van der Waals surface area contributed by atoms with Gasteiger partial charge < -0.3 is 24.8 Å². The van der Waals surface area contributed by atoms with E-state index in [0.717, 1.165) is 16.8 Å². The van der Waals surface area contributed by atoms with Crippen molar-refractivity contribution in [2.45, 2.75) is 13.1 Å². The minimum atomic E-state index is -0.430. The normalized spacial score (nSPS) is 15.8. The van der Waals surface area contributed by atoms with Crippen molar-refractivity contribution in [2.75, 3.05) is 26.6 Å². The Labute approximate surface area is 140 Å². The van der Waals surface area contributed by atoms with Gasteiger partial charge in [0.15, 0.2) is 11.5 Å². The lowest BCUT2D eigenvalue weighted by Crippen LogP contribution is -2.39. The van der Waals surface area contributed by atoms with E-state index in [1.54, 1.807) is 33.5 Å². The van der Waals surface area contributed by atoms with Gasteiger partial charge in [-0.25, -0.2) is 0 Å². The van der Waals surface area contributed by atoms with Crippen LogP contribution < -0.4 is 24.8 Å². The number of nitrogens with one attached hydrogen (secondary N) is 2. The number of fused-ring (bicyclic) bond motifs is 1. The SMILES string of the molecule is COc1ccc(C2NC(=O)c3cccc(C)c3N2)c(OC)c1OC. The lowest BCUT2D eigenvalue weighted by molar-refractivity contribution is 0.0935. The number of hydrogen-bond acceptors (Lipinski definition) is 5. The largest absolute Gasteiger partial charge is 0.493 e. The van der Waals surface area contributed by atoms with Gasteiger partial charge in [-0.2, -0.15) is 0 Å². The Morgan fingerprint density at radius 1 is 0.917 bits per heavy atom. The maximum atomic E-state index is 12.5. The monoisotopic (exact) mass is 328 g/mol. The topological polar surface area (TPSA) is 68.8 Å². The number of carbonyl (C=O) groups is 1. The van der Waals surface area contributed by atoms with Gasteiger partial charge in [0, 0.05) is 5.56 Å². The summed E-state index contributed by atoms with van der Waals surface area (Å²) in [5, 5.41) is 6.32. The molecule has 1 aliphatic rings. The van der Waals surface area contributed by atoms with E-state index < -0.39 is 6.17 Å². The smallest absolute Gasteiger partial charge is 0.255 e. The fraction of sp³-hybridized carbons (Fsp3) is 0.278. The quantitative estimate of drug-likeness (QED) is 0.903. The van der Waals surface area contributed by atoms with E-state index in [1.807, 2.05) is 25.1 Å². The van der Waals surface area contributed by atoms with E-state index in [4.69, 9.17) is 14.2 Å². The summed E-state index contributed by atoms with van der Waals surface area (Å²) in [7, 11) is 4.68. The molecule has 126 valence electrons. The van der Waals surface area contributed by atoms with Crippen LogP contribution in [-0.2, 0) is 0 Å². The number of methoxy groups -OCH3 is 3. The van der Waals surface area contributed by atoms with Crippen LogP contribution in [-0.4, -0.2) is 27.2 Å². The molecule has 3 rings (SSSR count). The molecule has 1 unspecified atom stereocenters. The summed E-state index contributed by atoms with van der Waals surface area (Å²) >= 11 is 0. The Morgan fingerprint density at radius 2 is 1.67 bits per heavy atom. The summed E-state index contributed by atoms with van der Waals surface area (Å²) < 4.78 is 16.2. The van der Waals surface area contributed by atoms with E-state index in [1.165, 1.54) is 0 Å². The van der Waals surface area contributed by atoms with Gasteiger partial charge in [0.2, 0.25) is 5.75 Å². The number of hydrogen-bond donors (Lipinski definition) is 2. The second-order valence-corrected chi connectivity index (χ2v) is 5.47. The zero-order valence-corrected chi connectivity index (χ0v) is 14.1. The summed E-state index contributed by atoms with van der Waals surface area (Å²) in [6, 6.07) is 9.27. The third kappa shape index (κ3) is 2.50. The molecule has 0 fully saturated rings. The highest BCUT2D eigenvalue weighted by molar-refractivity contribution is 6.02. The lowest BCUT2D eigenvalue weighted by Gasteiger charge is -2.30. The van der Waals surface area contributed by atoms with Gasteiger partial charge in [0.1, 0.15) is 6.17 Å². The van der Waals surface area contributed by atoms with Crippen LogP contribution in [0.5, 0.6) is 17.2 Å². The molecular weight excluding hydrogens is 308 g/mol. The van der Waals surface area contributed by atoms with Crippen molar-refractivity contribution in [3.63, 3.8) is 0 Å². The van der Waals surface area contributed by atoms with Gasteiger partial charge in [0.25, 0.3) is 5.91 Å². The number of para-hydroxylation sites is 1. The molecule has 2 aromatic rings. The Bertz CT molecular complexity index is 789. The van der Waals surface area contributed by atoms with E-state index in [9.17, 15) is 4.79 Å². The van der Waals surface area contributed by atoms with Crippen molar-refractivity contribution < 1.29 is 19.0 Å². The molecule has 6 nitrogen and oxygen atoms in total. The van der Waals surface area contributed by atoms with Crippen LogP contribution >= 0.6 is 0 Å². The van der Waals surface area contributed by atoms with Crippen LogP contribution in [0.4, 0.5) is 5.69 Å². The molecule has 2 N–H and O–H groups in total. The molecule has 1 amide bonds. The summed E-state index contributed by atoms with van der Waals surface area (Å²) in [5.74, 6) is 1.45. The van der Waals surface area contributed by atoms with Crippen LogP contribution in [0.15, 0.2) is 30.3 Å². The van der Waals surface area contributed by atoms with Gasteiger partial charge in [-0.3, -0.25) is 4.79 Å². The first-order valence-electron chi connectivity index (χ1n) is 7.56. The average Bonchev–Trinajstić information content (AvgIpc) is 2.60. The molecule has 1 heterocycles. The molecule has 0 spiro atoms. The molecular formula is C18H20N2O4. The molecule has 0 saturated carbocycles. The third-order valence-corrected chi connectivity index (χ3v) is 4.13. The van der Waals surface area contributed by atoms with Crippen molar-refractivity contribution in [1.82, 2.24) is 5.32 Å². The van der Waals surface area contributed by atoms with Gasteiger partial charge in [-0.15, -0.1) is 0 Å². The summed E-state index contributed by atoms with van der Waals surface area (Å²) in [6.45, 7) is 1.97. The van der Waals surface area contributed by atoms with E-state index >= 15 is 0 Å². The first-order chi connectivity index (χ1) is 11.6. The number of rotatable bonds is 4. The molecule has 0 bridgehead atoms. The predicted octanol–water partition coefficient (Wildman–Crippen LogP) is 2.87. The summed E-state index contributed by atoms with van der Waals surface area (Å²) in [5.41, 5.74) is 3.22. The highest BCUT2D eigenvalue weighted by Crippen LogP contribution is 2.43. The fourth-order valence-electron chi connectivity index (χ4n) is 2.95. The first kappa shape index (κ1) is 16.0. The van der Waals surface area contributed by atoms with Crippen molar-refractivity contribution in [1.29, 1.82) is 0 Å². The third-order valence-electron chi connectivity index (χ3n) is 4.13. The standard InChI is InChI=1S/C18H20N2O4/c1-10-6-5-7-11-14(10)19-17(20-18(11)21)12-8-9-13(22-2)16(24-4)15(12)23-3/h5-9,17,19H,1-4H3,(H,20,21). The summed E-state index contributed by atoms with van der Waals surface area (Å²) in [4.78, 5) is 12.5. The second-order valence-electron chi connectivity index (χ2n) is 5.47. The van der Waals surface area contributed by atoms with Crippen molar-refractivity contribution in [2.24, 2.45) is 0 Å². The van der Waals surface area contributed by atoms with E-state index in [2.05, 4.69) is 10.6 Å². The molecule has 2 aromatic carbocycles. The highest BCUT2D eigenvalue weighted by Gasteiger charge is 2.29. The van der Waals surface area contributed by atoms with Crippen LogP contribution in [0.25, 0.3) is 0 Å².